The van der Waals surface area contributed by atoms with Crippen LogP contribution < -0.4 is 10.5 Å². The van der Waals surface area contributed by atoms with Crippen LogP contribution in [0.15, 0.2) is 46.2 Å². The summed E-state index contributed by atoms with van der Waals surface area (Å²) in [6.45, 7) is 0. The molecule has 0 aromatic heterocycles. The molecular weight excluding hydrogens is 351 g/mol. The molecule has 3 N–H and O–H groups in total. The molecule has 0 saturated carbocycles. The van der Waals surface area contributed by atoms with Gasteiger partial charge >= 0.3 is 0 Å². The summed E-state index contributed by atoms with van der Waals surface area (Å²) < 4.78 is 27.4. The van der Waals surface area contributed by atoms with Gasteiger partial charge in [0.1, 0.15) is 4.90 Å². The maximum Gasteiger partial charge on any atom is 0.263 e. The fourth-order valence-corrected chi connectivity index (χ4v) is 4.15. The van der Waals surface area contributed by atoms with Crippen molar-refractivity contribution in [2.24, 2.45) is 0 Å². The molecular formula is C13H12Cl2N2O2S2. The second kappa shape index (κ2) is 6.36. The Kier molecular flexibility index (Phi) is 4.93. The first kappa shape index (κ1) is 16.3. The lowest BCUT2D eigenvalue weighted by Gasteiger charge is -2.13. The van der Waals surface area contributed by atoms with Gasteiger partial charge in [-0.2, -0.15) is 0 Å². The summed E-state index contributed by atoms with van der Waals surface area (Å²) >= 11 is 13.2. The second-order valence-electron chi connectivity index (χ2n) is 4.08. The van der Waals surface area contributed by atoms with Gasteiger partial charge in [-0.1, -0.05) is 35.3 Å². The number of halogens is 2. The normalized spacial score (nSPS) is 11.4. The molecule has 0 aliphatic rings. The minimum Gasteiger partial charge on any atom is -0.396 e. The van der Waals surface area contributed by atoms with Crippen LogP contribution in [-0.4, -0.2) is 14.7 Å². The Morgan fingerprint density at radius 3 is 2.48 bits per heavy atom. The molecule has 0 amide bonds. The molecule has 4 nitrogen and oxygen atoms in total. The largest absolute Gasteiger partial charge is 0.396 e. The fraction of sp³-hybridized carbons (Fsp3) is 0.0769. The van der Waals surface area contributed by atoms with E-state index in [9.17, 15) is 8.42 Å². The molecule has 0 unspecified atom stereocenters. The molecule has 2 aromatic rings. The second-order valence-corrected chi connectivity index (χ2v) is 7.36. The number of hydrogen-bond donors (Lipinski definition) is 2. The third-order valence-electron chi connectivity index (χ3n) is 2.73. The Morgan fingerprint density at radius 2 is 1.81 bits per heavy atom. The van der Waals surface area contributed by atoms with Crippen molar-refractivity contribution in [2.45, 2.75) is 9.79 Å². The van der Waals surface area contributed by atoms with E-state index in [0.717, 1.165) is 4.90 Å². The molecule has 2 rings (SSSR count). The summed E-state index contributed by atoms with van der Waals surface area (Å²) in [6.07, 6.45) is 1.86. The van der Waals surface area contributed by atoms with Crippen molar-refractivity contribution in [3.63, 3.8) is 0 Å². The Hall–Kier alpha value is -1.08. The molecule has 21 heavy (non-hydrogen) atoms. The van der Waals surface area contributed by atoms with Crippen LogP contribution in [0.5, 0.6) is 0 Å². The Labute approximate surface area is 137 Å². The molecule has 0 aliphatic carbocycles. The number of nitrogen functional groups attached to an aromatic ring is 1. The van der Waals surface area contributed by atoms with Crippen LogP contribution in [0.2, 0.25) is 10.0 Å². The molecule has 0 atom stereocenters. The summed E-state index contributed by atoms with van der Waals surface area (Å²) in [5.74, 6) is 0. The van der Waals surface area contributed by atoms with Crippen LogP contribution in [0.25, 0.3) is 0 Å². The number of nitrogens with one attached hydrogen (secondary N) is 1. The summed E-state index contributed by atoms with van der Waals surface area (Å²) in [5.41, 5.74) is 6.19. The van der Waals surface area contributed by atoms with Crippen molar-refractivity contribution >= 4 is 56.4 Å². The zero-order valence-corrected chi connectivity index (χ0v) is 14.1. The average molecular weight is 363 g/mol. The van der Waals surface area contributed by atoms with E-state index in [2.05, 4.69) is 4.72 Å². The first-order chi connectivity index (χ1) is 9.86. The van der Waals surface area contributed by atoms with Gasteiger partial charge in [0, 0.05) is 4.90 Å². The first-order valence-corrected chi connectivity index (χ1v) is 9.22. The lowest BCUT2D eigenvalue weighted by atomic mass is 10.3. The fourth-order valence-electron chi connectivity index (χ4n) is 1.69. The molecule has 112 valence electrons. The van der Waals surface area contributed by atoms with Gasteiger partial charge < -0.3 is 5.73 Å². The van der Waals surface area contributed by atoms with Crippen LogP contribution in [0.4, 0.5) is 11.4 Å². The van der Waals surface area contributed by atoms with Crippen molar-refractivity contribution in [1.29, 1.82) is 0 Å². The molecule has 0 fully saturated rings. The van der Waals surface area contributed by atoms with E-state index in [4.69, 9.17) is 28.9 Å². The minimum atomic E-state index is -3.85. The monoisotopic (exact) mass is 362 g/mol. The standard InChI is InChI=1S/C13H12Cl2N2O2S2/c1-20-10-5-3-2-4-9(10)17-21(18,19)11-7-6-8(14)13(16)12(11)15/h2-7,17H,16H2,1H3. The highest BCUT2D eigenvalue weighted by Crippen LogP contribution is 2.35. The van der Waals surface area contributed by atoms with Gasteiger partial charge in [0.2, 0.25) is 0 Å². The van der Waals surface area contributed by atoms with Gasteiger partial charge in [-0.15, -0.1) is 11.8 Å². The van der Waals surface area contributed by atoms with Crippen molar-refractivity contribution in [3.8, 4) is 0 Å². The molecule has 0 aliphatic heterocycles. The quantitative estimate of drug-likeness (QED) is 0.634. The van der Waals surface area contributed by atoms with E-state index in [1.807, 2.05) is 18.4 Å². The molecule has 0 spiro atoms. The molecule has 8 heteroatoms. The number of nitrogens with two attached hydrogens (primary N) is 1. The highest BCUT2D eigenvalue weighted by atomic mass is 35.5. The Morgan fingerprint density at radius 1 is 1.14 bits per heavy atom. The zero-order valence-electron chi connectivity index (χ0n) is 10.9. The number of thioether (sulfide) groups is 1. The van der Waals surface area contributed by atoms with Crippen LogP contribution in [-0.2, 0) is 10.0 Å². The summed E-state index contributed by atoms with van der Waals surface area (Å²) in [7, 11) is -3.85. The van der Waals surface area contributed by atoms with E-state index in [1.165, 1.54) is 23.9 Å². The number of para-hydroxylation sites is 1. The smallest absolute Gasteiger partial charge is 0.263 e. The summed E-state index contributed by atoms with van der Waals surface area (Å²) in [6, 6.07) is 9.80. The van der Waals surface area contributed by atoms with Crippen molar-refractivity contribution in [2.75, 3.05) is 16.7 Å². The number of benzene rings is 2. The third kappa shape index (κ3) is 3.40. The molecule has 0 heterocycles. The highest BCUT2D eigenvalue weighted by Gasteiger charge is 2.21. The maximum absolute atomic E-state index is 12.5. The van der Waals surface area contributed by atoms with Crippen LogP contribution in [0.3, 0.4) is 0 Å². The predicted octanol–water partition coefficient (Wildman–Crippen LogP) is 4.10. The maximum atomic E-state index is 12.5. The Balaban J connectivity index is 2.46. The first-order valence-electron chi connectivity index (χ1n) is 5.76. The molecule has 0 saturated heterocycles. The lowest BCUT2D eigenvalue weighted by molar-refractivity contribution is 0.601. The van der Waals surface area contributed by atoms with Gasteiger partial charge in [-0.25, -0.2) is 8.42 Å². The van der Waals surface area contributed by atoms with E-state index >= 15 is 0 Å². The summed E-state index contributed by atoms with van der Waals surface area (Å²) in [4.78, 5) is 0.695. The van der Waals surface area contributed by atoms with Gasteiger partial charge in [-0.05, 0) is 30.5 Å². The van der Waals surface area contributed by atoms with Gasteiger partial charge in [0.25, 0.3) is 10.0 Å². The van der Waals surface area contributed by atoms with Crippen LogP contribution in [0.1, 0.15) is 0 Å². The van der Waals surface area contributed by atoms with Gasteiger partial charge in [0.15, 0.2) is 0 Å². The van der Waals surface area contributed by atoms with Gasteiger partial charge in [0.05, 0.1) is 21.4 Å². The zero-order chi connectivity index (χ0) is 15.6. The van der Waals surface area contributed by atoms with Crippen molar-refractivity contribution in [3.05, 3.63) is 46.4 Å². The van der Waals surface area contributed by atoms with Crippen LogP contribution >= 0.6 is 35.0 Å². The lowest BCUT2D eigenvalue weighted by Crippen LogP contribution is -2.14. The average Bonchev–Trinajstić information content (AvgIpc) is 2.44. The topological polar surface area (TPSA) is 72.2 Å². The van der Waals surface area contributed by atoms with E-state index < -0.39 is 10.0 Å². The third-order valence-corrected chi connectivity index (χ3v) is 5.78. The van der Waals surface area contributed by atoms with E-state index in [0.29, 0.717) is 5.69 Å². The van der Waals surface area contributed by atoms with Gasteiger partial charge in [-0.3, -0.25) is 4.72 Å². The van der Waals surface area contributed by atoms with E-state index in [1.54, 1.807) is 12.1 Å². The molecule has 0 bridgehead atoms. The summed E-state index contributed by atoms with van der Waals surface area (Å²) in [5, 5.41) is 0.125. The SMILES string of the molecule is CSc1ccccc1NS(=O)(=O)c1ccc(Cl)c(N)c1Cl. The number of hydrogen-bond acceptors (Lipinski definition) is 4. The minimum absolute atomic E-state index is 0.0411. The molecule has 2 aromatic carbocycles. The van der Waals surface area contributed by atoms with E-state index in [-0.39, 0.29) is 20.6 Å². The molecule has 0 radical (unpaired) electrons. The predicted molar refractivity (Wildman–Crippen MR) is 89.9 cm³/mol. The van der Waals surface area contributed by atoms with Crippen molar-refractivity contribution < 1.29 is 8.42 Å². The number of anilines is 2. The number of rotatable bonds is 4. The van der Waals surface area contributed by atoms with Crippen LogP contribution in [0, 0.1) is 0 Å². The number of sulfonamides is 1. The van der Waals surface area contributed by atoms with Crippen molar-refractivity contribution in [1.82, 2.24) is 0 Å². The highest BCUT2D eigenvalue weighted by molar-refractivity contribution is 7.99. The Bertz CT molecular complexity index is 780.